The van der Waals surface area contributed by atoms with Crippen molar-refractivity contribution in [3.05, 3.63) is 29.8 Å². The van der Waals surface area contributed by atoms with Gasteiger partial charge in [0.25, 0.3) is 0 Å². The van der Waals surface area contributed by atoms with Crippen molar-refractivity contribution >= 4 is 11.8 Å². The molecule has 5 nitrogen and oxygen atoms in total. The van der Waals surface area contributed by atoms with Crippen molar-refractivity contribution in [3.63, 3.8) is 0 Å². The number of aromatic nitrogens is 1. The van der Waals surface area contributed by atoms with Gasteiger partial charge in [0.05, 0.1) is 12.6 Å². The summed E-state index contributed by atoms with van der Waals surface area (Å²) < 4.78 is 12.9. The number of carbonyl (C=O) groups is 2. The number of hydrogen-bond acceptors (Lipinski definition) is 3. The first-order chi connectivity index (χ1) is 12.6. The Bertz CT molecular complexity index is 679. The molecule has 0 radical (unpaired) electrons. The maximum absolute atomic E-state index is 12.9. The van der Waals surface area contributed by atoms with Crippen LogP contribution in [0.1, 0.15) is 44.2 Å². The van der Waals surface area contributed by atoms with Crippen LogP contribution in [0.25, 0.3) is 0 Å². The minimum Gasteiger partial charge on any atom is -0.356 e. The van der Waals surface area contributed by atoms with Gasteiger partial charge in [-0.3, -0.25) is 14.6 Å². The number of nitrogens with one attached hydrogen (secondary N) is 1. The highest BCUT2D eigenvalue weighted by atomic mass is 19.1. The molecule has 3 aliphatic rings. The lowest BCUT2D eigenvalue weighted by atomic mass is 9.84. The summed E-state index contributed by atoms with van der Waals surface area (Å²) >= 11 is 0. The number of nitrogens with zero attached hydrogens (tertiary/aromatic N) is 2. The van der Waals surface area contributed by atoms with Gasteiger partial charge >= 0.3 is 0 Å². The Labute approximate surface area is 153 Å². The van der Waals surface area contributed by atoms with E-state index in [0.29, 0.717) is 17.0 Å². The SMILES string of the molecule is O=C(NC[C@H]1CC12CCN(C(=O)Cc1ccc(F)cn1)CC2)C1CCC1. The van der Waals surface area contributed by atoms with E-state index in [0.717, 1.165) is 51.5 Å². The van der Waals surface area contributed by atoms with Gasteiger partial charge in [0.15, 0.2) is 0 Å². The summed E-state index contributed by atoms with van der Waals surface area (Å²) in [4.78, 5) is 30.3. The fraction of sp³-hybridized carbons (Fsp3) is 0.650. The zero-order valence-corrected chi connectivity index (χ0v) is 15.0. The van der Waals surface area contributed by atoms with Crippen LogP contribution in [0, 0.1) is 23.1 Å². The van der Waals surface area contributed by atoms with Crippen LogP contribution >= 0.6 is 0 Å². The minimum atomic E-state index is -0.384. The number of likely N-dealkylation sites (tertiary alicyclic amines) is 1. The van der Waals surface area contributed by atoms with Crippen LogP contribution in [0.15, 0.2) is 18.3 Å². The largest absolute Gasteiger partial charge is 0.356 e. The molecule has 6 heteroatoms. The molecule has 0 aromatic carbocycles. The highest BCUT2D eigenvalue weighted by Gasteiger charge is 2.54. The highest BCUT2D eigenvalue weighted by Crippen LogP contribution is 2.59. The number of amides is 2. The average molecular weight is 359 g/mol. The zero-order chi connectivity index (χ0) is 18.1. The summed E-state index contributed by atoms with van der Waals surface area (Å²) in [5, 5.41) is 3.13. The fourth-order valence-corrected chi connectivity index (χ4v) is 4.35. The number of hydrogen-bond donors (Lipinski definition) is 1. The van der Waals surface area contributed by atoms with Crippen LogP contribution in [-0.4, -0.2) is 41.3 Å². The molecule has 2 aliphatic carbocycles. The standard InChI is InChI=1S/C20H26FN3O2/c21-16-4-5-17(22-13-16)10-18(25)24-8-6-20(7-9-24)11-15(20)12-23-19(26)14-2-1-3-14/h4-5,13-15H,1-3,6-12H2,(H,23,26)/t15-/m1/s1. The highest BCUT2D eigenvalue weighted by molar-refractivity contribution is 5.79. The summed E-state index contributed by atoms with van der Waals surface area (Å²) in [7, 11) is 0. The van der Waals surface area contributed by atoms with Crippen molar-refractivity contribution in [2.75, 3.05) is 19.6 Å². The van der Waals surface area contributed by atoms with Gasteiger partial charge in [-0.25, -0.2) is 4.39 Å². The molecule has 1 saturated heterocycles. The number of carbonyl (C=O) groups excluding carboxylic acids is 2. The molecular formula is C20H26FN3O2. The van der Waals surface area contributed by atoms with Gasteiger partial charge < -0.3 is 10.2 Å². The monoisotopic (exact) mass is 359 g/mol. The average Bonchev–Trinajstić information content (AvgIpc) is 3.26. The van der Waals surface area contributed by atoms with Crippen LogP contribution in [0.4, 0.5) is 4.39 Å². The lowest BCUT2D eigenvalue weighted by Crippen LogP contribution is -2.41. The predicted molar refractivity (Wildman–Crippen MR) is 94.6 cm³/mol. The Morgan fingerprint density at radius 1 is 1.27 bits per heavy atom. The molecule has 1 spiro atoms. The van der Waals surface area contributed by atoms with Gasteiger partial charge in [-0.15, -0.1) is 0 Å². The van der Waals surface area contributed by atoms with Gasteiger partial charge in [-0.2, -0.15) is 0 Å². The van der Waals surface area contributed by atoms with Crippen LogP contribution in [0.5, 0.6) is 0 Å². The lowest BCUT2D eigenvalue weighted by molar-refractivity contribution is -0.132. The molecule has 0 bridgehead atoms. The van der Waals surface area contributed by atoms with Crippen molar-refractivity contribution in [1.29, 1.82) is 0 Å². The van der Waals surface area contributed by atoms with E-state index in [1.54, 1.807) is 6.07 Å². The molecule has 2 saturated carbocycles. The maximum atomic E-state index is 12.9. The molecule has 1 aliphatic heterocycles. The van der Waals surface area contributed by atoms with E-state index in [9.17, 15) is 14.0 Å². The first-order valence-electron chi connectivity index (χ1n) is 9.72. The first kappa shape index (κ1) is 17.4. The lowest BCUT2D eigenvalue weighted by Gasteiger charge is -2.33. The third-order valence-corrected chi connectivity index (χ3v) is 6.59. The van der Waals surface area contributed by atoms with E-state index in [2.05, 4.69) is 10.3 Å². The van der Waals surface area contributed by atoms with Crippen molar-refractivity contribution in [3.8, 4) is 0 Å². The summed E-state index contributed by atoms with van der Waals surface area (Å²) in [5.74, 6) is 0.740. The minimum absolute atomic E-state index is 0.0643. The van der Waals surface area contributed by atoms with E-state index < -0.39 is 0 Å². The van der Waals surface area contributed by atoms with E-state index in [1.165, 1.54) is 18.9 Å². The van der Waals surface area contributed by atoms with Crippen LogP contribution in [0.2, 0.25) is 0 Å². The molecule has 26 heavy (non-hydrogen) atoms. The topological polar surface area (TPSA) is 62.3 Å². The molecule has 2 amide bonds. The predicted octanol–water partition coefficient (Wildman–Crippen LogP) is 2.31. The number of piperidine rings is 1. The van der Waals surface area contributed by atoms with Gasteiger partial charge in [-0.05, 0) is 55.6 Å². The second-order valence-electron chi connectivity index (χ2n) is 8.16. The molecule has 1 atom stereocenters. The van der Waals surface area contributed by atoms with Gasteiger partial charge in [0.2, 0.25) is 11.8 Å². The Morgan fingerprint density at radius 3 is 2.65 bits per heavy atom. The van der Waals surface area contributed by atoms with Gasteiger partial charge in [0, 0.05) is 31.2 Å². The Balaban J connectivity index is 1.21. The third kappa shape index (κ3) is 3.60. The van der Waals surface area contributed by atoms with E-state index in [1.807, 2.05) is 4.90 Å². The summed E-state index contributed by atoms with van der Waals surface area (Å²) in [6, 6.07) is 2.91. The number of pyridine rings is 1. The van der Waals surface area contributed by atoms with E-state index in [-0.39, 0.29) is 30.0 Å². The number of rotatable bonds is 5. The van der Waals surface area contributed by atoms with Gasteiger partial charge in [0.1, 0.15) is 5.82 Å². The molecule has 0 unspecified atom stereocenters. The smallest absolute Gasteiger partial charge is 0.228 e. The fourth-order valence-electron chi connectivity index (χ4n) is 4.35. The quantitative estimate of drug-likeness (QED) is 0.878. The summed E-state index contributed by atoms with van der Waals surface area (Å²) in [5.41, 5.74) is 0.942. The normalized spacial score (nSPS) is 24.2. The second kappa shape index (κ2) is 6.97. The zero-order valence-electron chi connectivity index (χ0n) is 15.0. The Hall–Kier alpha value is -1.98. The molecule has 3 fully saturated rings. The molecule has 1 aromatic rings. The molecular weight excluding hydrogens is 333 g/mol. The van der Waals surface area contributed by atoms with Crippen molar-refractivity contribution in [1.82, 2.24) is 15.2 Å². The summed E-state index contributed by atoms with van der Waals surface area (Å²) in [6.07, 6.45) is 7.85. The van der Waals surface area contributed by atoms with Crippen molar-refractivity contribution < 1.29 is 14.0 Å². The van der Waals surface area contributed by atoms with Gasteiger partial charge in [-0.1, -0.05) is 6.42 Å². The molecule has 140 valence electrons. The number of halogens is 1. The summed E-state index contributed by atoms with van der Waals surface area (Å²) in [6.45, 7) is 2.34. The third-order valence-electron chi connectivity index (χ3n) is 6.59. The van der Waals surface area contributed by atoms with Crippen LogP contribution in [-0.2, 0) is 16.0 Å². The molecule has 1 N–H and O–H groups in total. The maximum Gasteiger partial charge on any atom is 0.228 e. The first-order valence-corrected chi connectivity index (χ1v) is 9.72. The second-order valence-corrected chi connectivity index (χ2v) is 8.16. The van der Waals surface area contributed by atoms with E-state index in [4.69, 9.17) is 0 Å². The van der Waals surface area contributed by atoms with Crippen molar-refractivity contribution in [2.24, 2.45) is 17.3 Å². The van der Waals surface area contributed by atoms with Crippen molar-refractivity contribution in [2.45, 2.75) is 44.9 Å². The van der Waals surface area contributed by atoms with E-state index >= 15 is 0 Å². The Kier molecular flexibility index (Phi) is 4.67. The molecule has 2 heterocycles. The van der Waals surface area contributed by atoms with Crippen LogP contribution in [0.3, 0.4) is 0 Å². The molecule has 4 rings (SSSR count). The molecule has 1 aromatic heterocycles. The van der Waals surface area contributed by atoms with Crippen LogP contribution < -0.4 is 5.32 Å². The Morgan fingerprint density at radius 2 is 2.04 bits per heavy atom.